The zero-order valence-electron chi connectivity index (χ0n) is 12.2. The van der Waals surface area contributed by atoms with E-state index in [1.54, 1.807) is 0 Å². The fourth-order valence-corrected chi connectivity index (χ4v) is 4.31. The van der Waals surface area contributed by atoms with Crippen LogP contribution in [0.1, 0.15) is 18.4 Å². The van der Waals surface area contributed by atoms with Crippen LogP contribution in [0.3, 0.4) is 0 Å². The first-order chi connectivity index (χ1) is 10.1. The Morgan fingerprint density at radius 1 is 1.26 bits per heavy atom. The average molecular weight is 393 g/mol. The van der Waals surface area contributed by atoms with E-state index in [2.05, 4.69) is 5.32 Å². The Hall–Kier alpha value is -0.540. The maximum absolute atomic E-state index is 12.8. The Balaban J connectivity index is 0.00000264. The van der Waals surface area contributed by atoms with Gasteiger partial charge in [0.25, 0.3) is 0 Å². The van der Waals surface area contributed by atoms with Gasteiger partial charge in [-0.1, -0.05) is 11.6 Å². The molecule has 0 aliphatic carbocycles. The third kappa shape index (κ3) is 4.51. The number of hydrogen-bond acceptors (Lipinski definition) is 3. The van der Waals surface area contributed by atoms with E-state index >= 15 is 0 Å². The largest absolute Gasteiger partial charge is 0.416 e. The van der Waals surface area contributed by atoms with Gasteiger partial charge in [-0.05, 0) is 44.1 Å². The highest BCUT2D eigenvalue weighted by atomic mass is 35.5. The summed E-state index contributed by atoms with van der Waals surface area (Å²) in [6.07, 6.45) is -3.42. The molecule has 0 bridgehead atoms. The van der Waals surface area contributed by atoms with Gasteiger partial charge >= 0.3 is 6.18 Å². The molecule has 1 saturated heterocycles. The van der Waals surface area contributed by atoms with Gasteiger partial charge in [-0.3, -0.25) is 0 Å². The summed E-state index contributed by atoms with van der Waals surface area (Å²) in [5.74, 6) is 0. The van der Waals surface area contributed by atoms with Crippen molar-refractivity contribution in [3.63, 3.8) is 0 Å². The van der Waals surface area contributed by atoms with E-state index < -0.39 is 26.7 Å². The minimum atomic E-state index is -4.62. The molecule has 0 aromatic heterocycles. The Kier molecular flexibility index (Phi) is 6.74. The lowest BCUT2D eigenvalue weighted by molar-refractivity contribution is -0.137. The number of nitrogens with zero attached hydrogens (tertiary/aromatic N) is 1. The normalized spacial score (nSPS) is 17.1. The standard InChI is InChI=1S/C13H16ClF3N2O2S.ClH/c1-19(10-4-6-18-7-5-10)22(20,21)12-8-9(13(15,16)17)2-3-11(12)14;/h2-3,8,10,18H,4-7H2,1H3;1H. The number of rotatable bonds is 3. The number of piperidine rings is 1. The number of alkyl halides is 3. The van der Waals surface area contributed by atoms with Crippen molar-refractivity contribution in [1.82, 2.24) is 9.62 Å². The molecule has 1 aromatic rings. The van der Waals surface area contributed by atoms with Crippen molar-refractivity contribution in [3.05, 3.63) is 28.8 Å². The molecule has 2 rings (SSSR count). The molecule has 0 amide bonds. The molecule has 10 heteroatoms. The van der Waals surface area contributed by atoms with Crippen LogP contribution >= 0.6 is 24.0 Å². The van der Waals surface area contributed by atoms with E-state index in [4.69, 9.17) is 11.6 Å². The number of hydrogen-bond donors (Lipinski definition) is 1. The molecule has 23 heavy (non-hydrogen) atoms. The van der Waals surface area contributed by atoms with E-state index in [-0.39, 0.29) is 23.5 Å². The minimum absolute atomic E-state index is 0. The summed E-state index contributed by atoms with van der Waals surface area (Å²) in [7, 11) is -2.70. The maximum atomic E-state index is 12.8. The zero-order valence-corrected chi connectivity index (χ0v) is 14.6. The van der Waals surface area contributed by atoms with Crippen LogP contribution in [0.15, 0.2) is 23.1 Å². The molecule has 0 radical (unpaired) electrons. The molecule has 1 heterocycles. The lowest BCUT2D eigenvalue weighted by Gasteiger charge is -2.31. The van der Waals surface area contributed by atoms with Gasteiger partial charge in [-0.25, -0.2) is 8.42 Å². The van der Waals surface area contributed by atoms with Gasteiger partial charge < -0.3 is 5.32 Å². The quantitative estimate of drug-likeness (QED) is 0.859. The number of nitrogens with one attached hydrogen (secondary N) is 1. The van der Waals surface area contributed by atoms with E-state index in [1.807, 2.05) is 0 Å². The van der Waals surface area contributed by atoms with Crippen molar-refractivity contribution in [2.45, 2.75) is 30.0 Å². The van der Waals surface area contributed by atoms with Crippen LogP contribution in [-0.4, -0.2) is 38.9 Å². The van der Waals surface area contributed by atoms with E-state index in [0.29, 0.717) is 32.0 Å². The summed E-state index contributed by atoms with van der Waals surface area (Å²) < 4.78 is 64.6. The van der Waals surface area contributed by atoms with Crippen molar-refractivity contribution in [2.75, 3.05) is 20.1 Å². The summed E-state index contributed by atoms with van der Waals surface area (Å²) in [5.41, 5.74) is -1.03. The molecule has 1 fully saturated rings. The molecule has 1 aromatic carbocycles. The lowest BCUT2D eigenvalue weighted by atomic mass is 10.1. The fraction of sp³-hybridized carbons (Fsp3) is 0.538. The predicted molar refractivity (Wildman–Crippen MR) is 84.5 cm³/mol. The third-order valence-corrected chi connectivity index (χ3v) is 6.13. The molecular weight excluding hydrogens is 376 g/mol. The highest BCUT2D eigenvalue weighted by Crippen LogP contribution is 2.34. The van der Waals surface area contributed by atoms with Crippen LogP contribution in [0.4, 0.5) is 13.2 Å². The second kappa shape index (κ2) is 7.57. The summed E-state index contributed by atoms with van der Waals surface area (Å²) in [6.45, 7) is 1.34. The molecule has 1 aliphatic heterocycles. The first-order valence-corrected chi connectivity index (χ1v) is 8.51. The maximum Gasteiger partial charge on any atom is 0.416 e. The molecule has 132 valence electrons. The first-order valence-electron chi connectivity index (χ1n) is 6.69. The van der Waals surface area contributed by atoms with Crippen LogP contribution in [0.25, 0.3) is 0 Å². The highest BCUT2D eigenvalue weighted by Gasteiger charge is 2.35. The zero-order chi connectivity index (χ0) is 16.5. The SMILES string of the molecule is CN(C1CCNCC1)S(=O)(=O)c1cc(C(F)(F)F)ccc1Cl.Cl. The second-order valence-electron chi connectivity index (χ2n) is 5.15. The molecule has 1 N–H and O–H groups in total. The lowest BCUT2D eigenvalue weighted by Crippen LogP contribution is -2.43. The summed E-state index contributed by atoms with van der Waals surface area (Å²) in [5, 5.41) is 2.89. The van der Waals surface area contributed by atoms with Gasteiger partial charge in [0.1, 0.15) is 4.90 Å². The molecule has 0 unspecified atom stereocenters. The monoisotopic (exact) mass is 392 g/mol. The smallest absolute Gasteiger partial charge is 0.317 e. The van der Waals surface area contributed by atoms with Gasteiger partial charge in [0, 0.05) is 13.1 Å². The average Bonchev–Trinajstić information content (AvgIpc) is 2.46. The van der Waals surface area contributed by atoms with Gasteiger partial charge in [0.05, 0.1) is 10.6 Å². The number of benzene rings is 1. The van der Waals surface area contributed by atoms with Crippen molar-refractivity contribution < 1.29 is 21.6 Å². The van der Waals surface area contributed by atoms with Gasteiger partial charge in [-0.2, -0.15) is 17.5 Å². The van der Waals surface area contributed by atoms with Crippen LogP contribution < -0.4 is 5.32 Å². The summed E-state index contributed by atoms with van der Waals surface area (Å²) in [4.78, 5) is -0.509. The Morgan fingerprint density at radius 2 is 1.83 bits per heavy atom. The first kappa shape index (κ1) is 20.5. The van der Waals surface area contributed by atoms with E-state index in [1.165, 1.54) is 7.05 Å². The van der Waals surface area contributed by atoms with Gasteiger partial charge in [0.15, 0.2) is 0 Å². The molecular formula is C13H17Cl2F3N2O2S. The van der Waals surface area contributed by atoms with Gasteiger partial charge in [0.2, 0.25) is 10.0 Å². The van der Waals surface area contributed by atoms with Crippen LogP contribution in [0, 0.1) is 0 Å². The summed E-state index contributed by atoms with van der Waals surface area (Å²) >= 11 is 5.83. The topological polar surface area (TPSA) is 49.4 Å². The Labute approximate surface area is 144 Å². The Morgan fingerprint density at radius 3 is 2.35 bits per heavy atom. The van der Waals surface area contributed by atoms with Crippen LogP contribution in [0.5, 0.6) is 0 Å². The highest BCUT2D eigenvalue weighted by molar-refractivity contribution is 7.89. The van der Waals surface area contributed by atoms with Gasteiger partial charge in [-0.15, -0.1) is 12.4 Å². The molecule has 1 aliphatic rings. The molecule has 0 saturated carbocycles. The van der Waals surface area contributed by atoms with E-state index in [9.17, 15) is 21.6 Å². The third-order valence-electron chi connectivity index (χ3n) is 3.74. The van der Waals surface area contributed by atoms with Crippen molar-refractivity contribution in [1.29, 1.82) is 0 Å². The number of halogens is 5. The second-order valence-corrected chi connectivity index (χ2v) is 7.52. The summed E-state index contributed by atoms with van der Waals surface area (Å²) in [6, 6.07) is 2.08. The number of sulfonamides is 1. The Bertz CT molecular complexity index is 647. The molecule has 0 atom stereocenters. The van der Waals surface area contributed by atoms with E-state index in [0.717, 1.165) is 16.4 Å². The van der Waals surface area contributed by atoms with Crippen molar-refractivity contribution in [3.8, 4) is 0 Å². The predicted octanol–water partition coefficient (Wildman–Crippen LogP) is 3.15. The van der Waals surface area contributed by atoms with Crippen LogP contribution in [-0.2, 0) is 16.2 Å². The van der Waals surface area contributed by atoms with Crippen LogP contribution in [0.2, 0.25) is 5.02 Å². The minimum Gasteiger partial charge on any atom is -0.317 e. The van der Waals surface area contributed by atoms with Crippen molar-refractivity contribution >= 4 is 34.0 Å². The molecule has 4 nitrogen and oxygen atoms in total. The van der Waals surface area contributed by atoms with Crippen molar-refractivity contribution in [2.24, 2.45) is 0 Å². The fourth-order valence-electron chi connectivity index (χ4n) is 2.40. The molecule has 0 spiro atoms.